The molecule has 0 aliphatic carbocycles. The number of amides is 3. The number of anilines is 2. The van der Waals surface area contributed by atoms with E-state index in [9.17, 15) is 24.5 Å². The van der Waals surface area contributed by atoms with Gasteiger partial charge in [-0.3, -0.25) is 24.5 Å². The van der Waals surface area contributed by atoms with Crippen LogP contribution in [-0.2, 0) is 9.59 Å². The summed E-state index contributed by atoms with van der Waals surface area (Å²) >= 11 is 2.76. The maximum atomic E-state index is 13.1. The minimum atomic E-state index is -0.502. The summed E-state index contributed by atoms with van der Waals surface area (Å²) in [6, 6.07) is 24.9. The van der Waals surface area contributed by atoms with Crippen molar-refractivity contribution >= 4 is 64.0 Å². The van der Waals surface area contributed by atoms with Gasteiger partial charge in [0.05, 0.1) is 10.2 Å². The van der Waals surface area contributed by atoms with E-state index in [1.54, 1.807) is 67.6 Å². The second-order valence-corrected chi connectivity index (χ2v) is 10.8. The lowest BCUT2D eigenvalue weighted by molar-refractivity contribution is -0.384. The summed E-state index contributed by atoms with van der Waals surface area (Å²) in [5.41, 5.74) is 1.46. The van der Waals surface area contributed by atoms with E-state index in [-0.39, 0.29) is 17.3 Å². The van der Waals surface area contributed by atoms with E-state index >= 15 is 0 Å². The molecule has 3 N–H and O–H groups in total. The molecule has 3 aromatic carbocycles. The standard InChI is InChI=1S/C29H24N4O5S2/c1-19(27(34)30-21-9-13-23(14-10-21)33(37)38)40-24-15-11-22(12-16-24)31-29(36)26(18-25-8-5-17-39-25)32-28(35)20-6-3-2-4-7-20/h2-19H,1H3,(H,30,34)(H,31,36)(H,32,35)/b26-18-. The van der Waals surface area contributed by atoms with Gasteiger partial charge in [-0.2, -0.15) is 0 Å². The Morgan fingerprint density at radius 3 is 2.15 bits per heavy atom. The van der Waals surface area contributed by atoms with E-state index in [1.807, 2.05) is 17.5 Å². The van der Waals surface area contributed by atoms with Crippen molar-refractivity contribution in [3.05, 3.63) is 123 Å². The molecule has 4 aromatic rings. The molecule has 0 fully saturated rings. The highest BCUT2D eigenvalue weighted by atomic mass is 32.2. The Morgan fingerprint density at radius 1 is 0.875 bits per heavy atom. The van der Waals surface area contributed by atoms with Gasteiger partial charge >= 0.3 is 0 Å². The zero-order valence-electron chi connectivity index (χ0n) is 21.2. The average molecular weight is 573 g/mol. The summed E-state index contributed by atoms with van der Waals surface area (Å²) in [5, 5.41) is 20.5. The second kappa shape index (κ2) is 13.4. The molecule has 0 aliphatic rings. The fraction of sp³-hybridized carbons (Fsp3) is 0.0690. The van der Waals surface area contributed by atoms with Crippen molar-refractivity contribution in [2.75, 3.05) is 10.6 Å². The Hall–Kier alpha value is -4.74. The number of hydrogen-bond acceptors (Lipinski definition) is 7. The average Bonchev–Trinajstić information content (AvgIpc) is 3.47. The minimum Gasteiger partial charge on any atom is -0.325 e. The van der Waals surface area contributed by atoms with E-state index in [2.05, 4.69) is 16.0 Å². The predicted molar refractivity (Wildman–Crippen MR) is 158 cm³/mol. The normalized spacial score (nSPS) is 11.8. The first-order valence-corrected chi connectivity index (χ1v) is 13.8. The fourth-order valence-corrected chi connectivity index (χ4v) is 4.97. The van der Waals surface area contributed by atoms with Gasteiger partial charge in [-0.05, 0) is 73.0 Å². The summed E-state index contributed by atoms with van der Waals surface area (Å²) in [5.74, 6) is -1.13. The van der Waals surface area contributed by atoms with Crippen LogP contribution >= 0.6 is 23.1 Å². The van der Waals surface area contributed by atoms with Crippen molar-refractivity contribution in [1.82, 2.24) is 5.32 Å². The van der Waals surface area contributed by atoms with Gasteiger partial charge in [0.2, 0.25) is 5.91 Å². The number of nitrogens with one attached hydrogen (secondary N) is 3. The van der Waals surface area contributed by atoms with Gasteiger partial charge in [0.1, 0.15) is 5.70 Å². The van der Waals surface area contributed by atoms with Gasteiger partial charge in [-0.1, -0.05) is 24.3 Å². The van der Waals surface area contributed by atoms with Gasteiger partial charge in [0.25, 0.3) is 17.5 Å². The zero-order valence-corrected chi connectivity index (χ0v) is 22.8. The number of carbonyl (C=O) groups is 3. The quantitative estimate of drug-likeness (QED) is 0.0900. The molecule has 1 unspecified atom stereocenters. The Labute approximate surface area is 238 Å². The van der Waals surface area contributed by atoms with E-state index in [4.69, 9.17) is 0 Å². The first-order valence-electron chi connectivity index (χ1n) is 12.0. The highest BCUT2D eigenvalue weighted by Crippen LogP contribution is 2.26. The van der Waals surface area contributed by atoms with Crippen LogP contribution in [0.1, 0.15) is 22.2 Å². The summed E-state index contributed by atoms with van der Waals surface area (Å²) in [6.07, 6.45) is 1.62. The molecule has 0 saturated heterocycles. The maximum absolute atomic E-state index is 13.1. The van der Waals surface area contributed by atoms with E-state index in [0.717, 1.165) is 9.77 Å². The van der Waals surface area contributed by atoms with Crippen LogP contribution in [0.2, 0.25) is 0 Å². The van der Waals surface area contributed by atoms with Gasteiger partial charge in [0.15, 0.2) is 0 Å². The number of thioether (sulfide) groups is 1. The van der Waals surface area contributed by atoms with Crippen LogP contribution in [0.3, 0.4) is 0 Å². The molecule has 0 radical (unpaired) electrons. The SMILES string of the molecule is CC(Sc1ccc(NC(=O)/C(=C/c2cccs2)NC(=O)c2ccccc2)cc1)C(=O)Nc1ccc([N+](=O)[O-])cc1. The van der Waals surface area contributed by atoms with Crippen LogP contribution in [0.25, 0.3) is 6.08 Å². The molecule has 4 rings (SSSR count). The Balaban J connectivity index is 1.37. The topological polar surface area (TPSA) is 130 Å². The molecule has 40 heavy (non-hydrogen) atoms. The van der Waals surface area contributed by atoms with Crippen molar-refractivity contribution in [3.8, 4) is 0 Å². The lowest BCUT2D eigenvalue weighted by Crippen LogP contribution is -2.30. The molecule has 0 spiro atoms. The second-order valence-electron chi connectivity index (χ2n) is 8.43. The fourth-order valence-electron chi connectivity index (χ4n) is 3.44. The lowest BCUT2D eigenvalue weighted by atomic mass is 10.2. The first-order chi connectivity index (χ1) is 19.3. The smallest absolute Gasteiger partial charge is 0.272 e. The Bertz CT molecular complexity index is 1520. The molecule has 0 saturated carbocycles. The van der Waals surface area contributed by atoms with Crippen molar-refractivity contribution in [1.29, 1.82) is 0 Å². The third kappa shape index (κ3) is 7.88. The van der Waals surface area contributed by atoms with Gasteiger partial charge in [-0.15, -0.1) is 23.1 Å². The molecule has 0 bridgehead atoms. The Morgan fingerprint density at radius 2 is 1.52 bits per heavy atom. The lowest BCUT2D eigenvalue weighted by Gasteiger charge is -2.13. The van der Waals surface area contributed by atoms with Crippen LogP contribution in [0.4, 0.5) is 17.1 Å². The monoisotopic (exact) mass is 572 g/mol. The van der Waals surface area contributed by atoms with Crippen LogP contribution < -0.4 is 16.0 Å². The number of thiophene rings is 1. The van der Waals surface area contributed by atoms with Gasteiger partial charge < -0.3 is 16.0 Å². The van der Waals surface area contributed by atoms with Crippen molar-refractivity contribution in [2.24, 2.45) is 0 Å². The summed E-state index contributed by atoms with van der Waals surface area (Å²) in [7, 11) is 0. The molecule has 3 amide bonds. The van der Waals surface area contributed by atoms with Crippen LogP contribution in [0.5, 0.6) is 0 Å². The first kappa shape index (κ1) is 28.3. The molecule has 0 aliphatic heterocycles. The molecule has 11 heteroatoms. The number of hydrogen-bond donors (Lipinski definition) is 3. The summed E-state index contributed by atoms with van der Waals surface area (Å²) in [4.78, 5) is 50.3. The highest BCUT2D eigenvalue weighted by molar-refractivity contribution is 8.00. The van der Waals surface area contributed by atoms with Crippen molar-refractivity contribution in [2.45, 2.75) is 17.1 Å². The third-order valence-electron chi connectivity index (χ3n) is 5.50. The van der Waals surface area contributed by atoms with Gasteiger partial charge in [0, 0.05) is 38.8 Å². The summed E-state index contributed by atoms with van der Waals surface area (Å²) < 4.78 is 0. The molecule has 1 atom stereocenters. The van der Waals surface area contributed by atoms with E-state index in [1.165, 1.54) is 47.4 Å². The zero-order chi connectivity index (χ0) is 28.5. The number of nitro benzene ring substituents is 1. The number of rotatable bonds is 10. The molecular weight excluding hydrogens is 548 g/mol. The number of carbonyl (C=O) groups excluding carboxylic acids is 3. The molecule has 9 nitrogen and oxygen atoms in total. The number of nitrogens with zero attached hydrogens (tertiary/aromatic N) is 1. The molecular formula is C29H24N4O5S2. The largest absolute Gasteiger partial charge is 0.325 e. The van der Waals surface area contributed by atoms with Crippen molar-refractivity contribution < 1.29 is 19.3 Å². The van der Waals surface area contributed by atoms with Crippen LogP contribution in [0, 0.1) is 10.1 Å². The third-order valence-corrected chi connectivity index (χ3v) is 7.43. The van der Waals surface area contributed by atoms with Crippen molar-refractivity contribution in [3.63, 3.8) is 0 Å². The maximum Gasteiger partial charge on any atom is 0.272 e. The Kier molecular flexibility index (Phi) is 9.44. The van der Waals surface area contributed by atoms with Crippen LogP contribution in [-0.4, -0.2) is 27.9 Å². The molecule has 1 heterocycles. The van der Waals surface area contributed by atoms with Gasteiger partial charge in [-0.25, -0.2) is 0 Å². The van der Waals surface area contributed by atoms with E-state index < -0.39 is 22.0 Å². The number of nitro groups is 1. The van der Waals surface area contributed by atoms with Crippen LogP contribution in [0.15, 0.2) is 107 Å². The predicted octanol–water partition coefficient (Wildman–Crippen LogP) is 6.19. The molecule has 1 aromatic heterocycles. The molecule has 202 valence electrons. The number of non-ortho nitro benzene ring substituents is 1. The summed E-state index contributed by atoms with van der Waals surface area (Å²) in [6.45, 7) is 1.75. The number of benzene rings is 3. The minimum absolute atomic E-state index is 0.0553. The highest BCUT2D eigenvalue weighted by Gasteiger charge is 2.17. The van der Waals surface area contributed by atoms with E-state index in [0.29, 0.717) is 16.9 Å².